The summed E-state index contributed by atoms with van der Waals surface area (Å²) in [7, 11) is 1.61. The lowest BCUT2D eigenvalue weighted by molar-refractivity contribution is 0.108. The predicted molar refractivity (Wildman–Crippen MR) is 104 cm³/mol. The summed E-state index contributed by atoms with van der Waals surface area (Å²) in [5.41, 5.74) is 0.663. The van der Waals surface area contributed by atoms with E-state index in [0.29, 0.717) is 5.56 Å². The largest absolute Gasteiger partial charge is 0.497 e. The zero-order valence-electron chi connectivity index (χ0n) is 15.2. The Bertz CT molecular complexity index is 650. The number of thioether (sulfide) groups is 1. The van der Waals surface area contributed by atoms with Crippen LogP contribution in [0.15, 0.2) is 53.4 Å². The van der Waals surface area contributed by atoms with Crippen LogP contribution in [0, 0.1) is 5.92 Å². The van der Waals surface area contributed by atoms with Gasteiger partial charge in [0.2, 0.25) is 5.12 Å². The smallest absolute Gasteiger partial charge is 0.224 e. The number of carbonyl (C=O) groups is 1. The van der Waals surface area contributed by atoms with Crippen molar-refractivity contribution in [3.63, 3.8) is 0 Å². The number of hydrogen-bond donors (Lipinski definition) is 0. The fourth-order valence-corrected chi connectivity index (χ4v) is 3.06. The Balaban J connectivity index is 1.81. The van der Waals surface area contributed by atoms with E-state index in [1.54, 1.807) is 31.4 Å². The lowest BCUT2D eigenvalue weighted by Gasteiger charge is -2.10. The van der Waals surface area contributed by atoms with Crippen molar-refractivity contribution in [3.8, 4) is 11.5 Å². The van der Waals surface area contributed by atoms with Crippen LogP contribution in [0.3, 0.4) is 0 Å². The summed E-state index contributed by atoms with van der Waals surface area (Å²) >= 11 is 1.22. The number of hydrogen-bond acceptors (Lipinski definition) is 4. The molecular formula is C21H26O3S. The summed E-state index contributed by atoms with van der Waals surface area (Å²) in [6.07, 6.45) is 3.48. The molecule has 0 aliphatic heterocycles. The molecule has 3 nitrogen and oxygen atoms in total. The second-order valence-corrected chi connectivity index (χ2v) is 7.14. The second-order valence-electron chi connectivity index (χ2n) is 6.09. The molecule has 0 heterocycles. The Morgan fingerprint density at radius 3 is 2.28 bits per heavy atom. The van der Waals surface area contributed by atoms with E-state index in [1.807, 2.05) is 24.3 Å². The van der Waals surface area contributed by atoms with Crippen molar-refractivity contribution in [3.05, 3.63) is 54.1 Å². The molecule has 2 aromatic carbocycles. The molecule has 25 heavy (non-hydrogen) atoms. The van der Waals surface area contributed by atoms with Crippen LogP contribution >= 0.6 is 11.8 Å². The van der Waals surface area contributed by atoms with Gasteiger partial charge in [0.25, 0.3) is 0 Å². The highest BCUT2D eigenvalue weighted by Gasteiger charge is 2.08. The Morgan fingerprint density at radius 1 is 1.04 bits per heavy atom. The molecular weight excluding hydrogens is 332 g/mol. The molecule has 0 spiro atoms. The maximum atomic E-state index is 12.3. The summed E-state index contributed by atoms with van der Waals surface area (Å²) in [5, 5.41) is 0.0184. The fraction of sp³-hybridized carbons (Fsp3) is 0.381. The molecule has 0 bridgehead atoms. The van der Waals surface area contributed by atoms with Gasteiger partial charge in [-0.05, 0) is 79.1 Å². The van der Waals surface area contributed by atoms with Gasteiger partial charge >= 0.3 is 0 Å². The van der Waals surface area contributed by atoms with Crippen molar-refractivity contribution in [1.29, 1.82) is 0 Å². The molecule has 0 aliphatic rings. The molecule has 0 aromatic heterocycles. The van der Waals surface area contributed by atoms with Crippen molar-refractivity contribution in [2.45, 2.75) is 38.0 Å². The highest BCUT2D eigenvalue weighted by atomic mass is 32.2. The van der Waals surface area contributed by atoms with Gasteiger partial charge in [0.15, 0.2) is 0 Å². The van der Waals surface area contributed by atoms with Crippen LogP contribution in [0.1, 0.15) is 43.5 Å². The Hall–Kier alpha value is -1.94. The Morgan fingerprint density at radius 2 is 1.68 bits per heavy atom. The zero-order valence-corrected chi connectivity index (χ0v) is 16.0. The van der Waals surface area contributed by atoms with Crippen LogP contribution in [0.25, 0.3) is 0 Å². The first kappa shape index (κ1) is 19.4. The molecule has 1 unspecified atom stereocenters. The Labute approximate surface area is 154 Å². The van der Waals surface area contributed by atoms with Gasteiger partial charge in [-0.1, -0.05) is 20.3 Å². The highest BCUT2D eigenvalue weighted by molar-refractivity contribution is 8.14. The molecule has 1 atom stereocenters. The van der Waals surface area contributed by atoms with Gasteiger partial charge in [0.1, 0.15) is 11.5 Å². The van der Waals surface area contributed by atoms with Gasteiger partial charge in [-0.3, -0.25) is 4.79 Å². The fourth-order valence-electron chi connectivity index (χ4n) is 2.32. The van der Waals surface area contributed by atoms with Gasteiger partial charge < -0.3 is 9.47 Å². The monoisotopic (exact) mass is 358 g/mol. The van der Waals surface area contributed by atoms with Gasteiger partial charge in [0.05, 0.1) is 13.7 Å². The van der Waals surface area contributed by atoms with E-state index in [-0.39, 0.29) is 5.12 Å². The van der Waals surface area contributed by atoms with Crippen LogP contribution in [0.4, 0.5) is 0 Å². The van der Waals surface area contributed by atoms with E-state index in [2.05, 4.69) is 13.8 Å². The van der Waals surface area contributed by atoms with E-state index >= 15 is 0 Å². The van der Waals surface area contributed by atoms with E-state index < -0.39 is 0 Å². The van der Waals surface area contributed by atoms with Crippen LogP contribution in [0.2, 0.25) is 0 Å². The average molecular weight is 359 g/mol. The maximum absolute atomic E-state index is 12.3. The topological polar surface area (TPSA) is 35.5 Å². The first-order valence-electron chi connectivity index (χ1n) is 8.71. The van der Waals surface area contributed by atoms with E-state index in [1.165, 1.54) is 24.6 Å². The summed E-state index contributed by atoms with van der Waals surface area (Å²) in [5.74, 6) is 2.35. The van der Waals surface area contributed by atoms with Crippen LogP contribution in [-0.4, -0.2) is 18.8 Å². The molecule has 4 heteroatoms. The molecule has 0 amide bonds. The van der Waals surface area contributed by atoms with Crippen LogP contribution in [-0.2, 0) is 0 Å². The number of benzene rings is 2. The lowest BCUT2D eigenvalue weighted by atomic mass is 10.0. The Kier molecular flexibility index (Phi) is 7.86. The molecule has 0 fully saturated rings. The average Bonchev–Trinajstić information content (AvgIpc) is 2.66. The second kappa shape index (κ2) is 10.1. The van der Waals surface area contributed by atoms with Crippen molar-refractivity contribution >= 4 is 16.9 Å². The highest BCUT2D eigenvalue weighted by Crippen LogP contribution is 2.26. The van der Waals surface area contributed by atoms with Crippen LogP contribution in [0.5, 0.6) is 11.5 Å². The third-order valence-electron chi connectivity index (χ3n) is 4.17. The molecule has 134 valence electrons. The van der Waals surface area contributed by atoms with E-state index in [0.717, 1.165) is 35.3 Å². The minimum atomic E-state index is 0.0184. The molecule has 0 radical (unpaired) electrons. The van der Waals surface area contributed by atoms with Crippen molar-refractivity contribution in [1.82, 2.24) is 0 Å². The zero-order chi connectivity index (χ0) is 18.1. The third-order valence-corrected chi connectivity index (χ3v) is 5.10. The quantitative estimate of drug-likeness (QED) is 0.417. The minimum absolute atomic E-state index is 0.0184. The maximum Gasteiger partial charge on any atom is 0.224 e. The molecule has 0 saturated heterocycles. The number of methoxy groups -OCH3 is 1. The van der Waals surface area contributed by atoms with Crippen LogP contribution < -0.4 is 9.47 Å². The number of carbonyl (C=O) groups excluding carboxylic acids is 1. The molecule has 0 aliphatic carbocycles. The van der Waals surface area contributed by atoms with Gasteiger partial charge in [-0.15, -0.1) is 0 Å². The molecule has 2 rings (SSSR count). The molecule has 0 N–H and O–H groups in total. The third kappa shape index (κ3) is 6.46. The standard InChI is InChI=1S/C21H26O3S/c1-4-16(2)6-5-15-24-19-11-13-20(14-12-19)25-21(22)17-7-9-18(23-3)10-8-17/h7-14,16H,4-6,15H2,1-3H3. The number of rotatable bonds is 9. The predicted octanol–water partition coefficient (Wildman–Crippen LogP) is 5.83. The lowest BCUT2D eigenvalue weighted by Crippen LogP contribution is -2.00. The van der Waals surface area contributed by atoms with Gasteiger partial charge in [-0.2, -0.15) is 0 Å². The summed E-state index contributed by atoms with van der Waals surface area (Å²) in [6.45, 7) is 5.22. The van der Waals surface area contributed by atoms with E-state index in [4.69, 9.17) is 9.47 Å². The SMILES string of the molecule is CCC(C)CCCOc1ccc(SC(=O)c2ccc(OC)cc2)cc1. The first-order chi connectivity index (χ1) is 12.1. The minimum Gasteiger partial charge on any atom is -0.497 e. The van der Waals surface area contributed by atoms with Gasteiger partial charge in [-0.25, -0.2) is 0 Å². The molecule has 0 saturated carbocycles. The first-order valence-corrected chi connectivity index (χ1v) is 9.53. The normalized spacial score (nSPS) is 11.8. The molecule has 2 aromatic rings. The van der Waals surface area contributed by atoms with E-state index in [9.17, 15) is 4.79 Å². The van der Waals surface area contributed by atoms with Gasteiger partial charge in [0, 0.05) is 10.5 Å². The summed E-state index contributed by atoms with van der Waals surface area (Å²) in [4.78, 5) is 13.2. The summed E-state index contributed by atoms with van der Waals surface area (Å²) < 4.78 is 10.9. The summed E-state index contributed by atoms with van der Waals surface area (Å²) in [6, 6.07) is 14.9. The number of ether oxygens (including phenoxy) is 2. The van der Waals surface area contributed by atoms with Crippen molar-refractivity contribution in [2.75, 3.05) is 13.7 Å². The van der Waals surface area contributed by atoms with Crippen molar-refractivity contribution < 1.29 is 14.3 Å². The van der Waals surface area contributed by atoms with Crippen molar-refractivity contribution in [2.24, 2.45) is 5.92 Å².